The van der Waals surface area contributed by atoms with Crippen LogP contribution in [0.2, 0.25) is 5.02 Å². The van der Waals surface area contributed by atoms with E-state index in [2.05, 4.69) is 5.32 Å². The second kappa shape index (κ2) is 6.26. The lowest BCUT2D eigenvalue weighted by Gasteiger charge is -2.19. The van der Waals surface area contributed by atoms with Gasteiger partial charge in [0.15, 0.2) is 0 Å². The maximum absolute atomic E-state index is 12.4. The summed E-state index contributed by atoms with van der Waals surface area (Å²) in [5, 5.41) is 12.7. The van der Waals surface area contributed by atoms with Gasteiger partial charge in [0.2, 0.25) is 5.91 Å². The average molecular weight is 326 g/mol. The van der Waals surface area contributed by atoms with Crippen molar-refractivity contribution in [2.45, 2.75) is 19.9 Å². The first kappa shape index (κ1) is 16.8. The molecular weight excluding hydrogens is 306 g/mol. The Balaban J connectivity index is 2.10. The van der Waals surface area contributed by atoms with Gasteiger partial charge in [-0.25, -0.2) is 0 Å². The Kier molecular flexibility index (Phi) is 4.78. The van der Waals surface area contributed by atoms with E-state index in [4.69, 9.17) is 16.3 Å². The Morgan fingerprint density at radius 1 is 1.32 bits per heavy atom. The summed E-state index contributed by atoms with van der Waals surface area (Å²) in [5.41, 5.74) is 0.345. The van der Waals surface area contributed by atoms with Crippen molar-refractivity contribution in [2.24, 2.45) is 17.3 Å². The van der Waals surface area contributed by atoms with Crippen molar-refractivity contribution >= 4 is 23.5 Å². The summed E-state index contributed by atoms with van der Waals surface area (Å²) in [6.07, 6.45) is 0. The molecule has 0 radical (unpaired) electrons. The largest absolute Gasteiger partial charge is 0.481 e. The number of carbonyl (C=O) groups is 2. The number of ether oxygens (including phenoxy) is 1. The third-order valence-electron chi connectivity index (χ3n) is 4.30. The quantitative estimate of drug-likeness (QED) is 0.842. The van der Waals surface area contributed by atoms with Crippen molar-refractivity contribution in [2.75, 3.05) is 13.7 Å². The predicted molar refractivity (Wildman–Crippen MR) is 82.6 cm³/mol. The van der Waals surface area contributed by atoms with Gasteiger partial charge >= 0.3 is 5.97 Å². The summed E-state index contributed by atoms with van der Waals surface area (Å²) in [5.74, 6) is -2.34. The summed E-state index contributed by atoms with van der Waals surface area (Å²) in [4.78, 5) is 23.6. The molecule has 22 heavy (non-hydrogen) atoms. The maximum atomic E-state index is 12.4. The minimum atomic E-state index is -0.931. The van der Waals surface area contributed by atoms with Crippen LogP contribution in [-0.4, -0.2) is 30.7 Å². The zero-order valence-corrected chi connectivity index (χ0v) is 13.6. The van der Waals surface area contributed by atoms with Crippen LogP contribution in [0.3, 0.4) is 0 Å². The van der Waals surface area contributed by atoms with Crippen LogP contribution < -0.4 is 5.32 Å². The third-order valence-corrected chi connectivity index (χ3v) is 4.55. The number of methoxy groups -OCH3 is 1. The van der Waals surface area contributed by atoms with Gasteiger partial charge in [0, 0.05) is 12.1 Å². The van der Waals surface area contributed by atoms with Crippen LogP contribution in [0.15, 0.2) is 24.3 Å². The van der Waals surface area contributed by atoms with Gasteiger partial charge in [-0.1, -0.05) is 37.6 Å². The number of hydrogen-bond donors (Lipinski definition) is 2. The number of benzene rings is 1. The van der Waals surface area contributed by atoms with Gasteiger partial charge in [-0.05, 0) is 23.1 Å². The van der Waals surface area contributed by atoms with E-state index in [0.29, 0.717) is 11.6 Å². The number of rotatable bonds is 6. The van der Waals surface area contributed by atoms with E-state index in [9.17, 15) is 14.7 Å². The standard InChI is InChI=1S/C16H20ClNO4/c1-16(2)12(13(16)15(20)21)14(19)18-11(8-22-3)9-4-6-10(17)7-5-9/h4-7,11-13H,8H2,1-3H3,(H,18,19)(H,20,21)/t11?,12-,13+/m0/s1. The highest BCUT2D eigenvalue weighted by Gasteiger charge is 2.66. The number of carboxylic acid groups (broad SMARTS) is 1. The Hall–Kier alpha value is -1.59. The van der Waals surface area contributed by atoms with E-state index < -0.39 is 23.2 Å². The Bertz CT molecular complexity index is 570. The number of carboxylic acids is 1. The number of halogens is 1. The van der Waals surface area contributed by atoms with Crippen molar-refractivity contribution in [1.82, 2.24) is 5.32 Å². The van der Waals surface area contributed by atoms with Crippen molar-refractivity contribution in [3.8, 4) is 0 Å². The van der Waals surface area contributed by atoms with Crippen LogP contribution in [0.1, 0.15) is 25.5 Å². The molecule has 5 nitrogen and oxygen atoms in total. The smallest absolute Gasteiger partial charge is 0.307 e. The van der Waals surface area contributed by atoms with Crippen molar-refractivity contribution in [1.29, 1.82) is 0 Å². The van der Waals surface area contributed by atoms with E-state index in [1.807, 2.05) is 12.1 Å². The average Bonchev–Trinajstić information content (AvgIpc) is 3.02. The maximum Gasteiger partial charge on any atom is 0.307 e. The first-order valence-corrected chi connectivity index (χ1v) is 7.44. The molecule has 0 bridgehead atoms. The Morgan fingerprint density at radius 3 is 2.36 bits per heavy atom. The molecule has 6 heteroatoms. The summed E-state index contributed by atoms with van der Waals surface area (Å²) >= 11 is 5.87. The van der Waals surface area contributed by atoms with E-state index in [1.165, 1.54) is 0 Å². The number of amides is 1. The van der Waals surface area contributed by atoms with Crippen molar-refractivity contribution in [3.05, 3.63) is 34.9 Å². The second-order valence-electron chi connectivity index (χ2n) is 6.18. The van der Waals surface area contributed by atoms with Crippen LogP contribution >= 0.6 is 11.6 Å². The molecule has 0 heterocycles. The molecule has 120 valence electrons. The van der Waals surface area contributed by atoms with Gasteiger partial charge < -0.3 is 15.2 Å². The zero-order valence-electron chi connectivity index (χ0n) is 12.8. The minimum absolute atomic E-state index is 0.255. The van der Waals surface area contributed by atoms with Gasteiger partial charge in [-0.2, -0.15) is 0 Å². The molecule has 1 unspecified atom stereocenters. The van der Waals surface area contributed by atoms with Gasteiger partial charge in [-0.15, -0.1) is 0 Å². The number of carbonyl (C=O) groups excluding carboxylic acids is 1. The van der Waals surface area contributed by atoms with E-state index in [1.54, 1.807) is 33.1 Å². The topological polar surface area (TPSA) is 75.6 Å². The molecule has 1 amide bonds. The first-order valence-electron chi connectivity index (χ1n) is 7.06. The van der Waals surface area contributed by atoms with Gasteiger partial charge in [0.1, 0.15) is 0 Å². The molecule has 0 aliphatic heterocycles. The highest BCUT2D eigenvalue weighted by molar-refractivity contribution is 6.30. The fraction of sp³-hybridized carbons (Fsp3) is 0.500. The molecule has 1 saturated carbocycles. The Morgan fingerprint density at radius 2 is 1.91 bits per heavy atom. The van der Waals surface area contributed by atoms with Crippen LogP contribution in [0.25, 0.3) is 0 Å². The lowest BCUT2D eigenvalue weighted by molar-refractivity contribution is -0.140. The second-order valence-corrected chi connectivity index (χ2v) is 6.62. The molecule has 0 aromatic heterocycles. The van der Waals surface area contributed by atoms with Gasteiger partial charge in [0.25, 0.3) is 0 Å². The van der Waals surface area contributed by atoms with Gasteiger partial charge in [-0.3, -0.25) is 9.59 Å². The molecule has 2 N–H and O–H groups in total. The number of nitrogens with one attached hydrogen (secondary N) is 1. The van der Waals surface area contributed by atoms with Crippen LogP contribution in [-0.2, 0) is 14.3 Å². The fourth-order valence-corrected chi connectivity index (χ4v) is 3.06. The summed E-state index contributed by atoms with van der Waals surface area (Å²) < 4.78 is 5.15. The zero-order chi connectivity index (χ0) is 16.5. The number of hydrogen-bond acceptors (Lipinski definition) is 3. The molecule has 1 aliphatic rings. The molecular formula is C16H20ClNO4. The summed E-state index contributed by atoms with van der Waals surface area (Å²) in [6, 6.07) is 6.79. The molecule has 0 spiro atoms. The Labute approximate surface area is 134 Å². The molecule has 1 fully saturated rings. The van der Waals surface area contributed by atoms with E-state index in [-0.39, 0.29) is 11.9 Å². The molecule has 1 aromatic rings. The predicted octanol–water partition coefficient (Wildman–Crippen LogP) is 2.50. The monoisotopic (exact) mass is 325 g/mol. The number of aliphatic carboxylic acids is 1. The van der Waals surface area contributed by atoms with Crippen LogP contribution in [0, 0.1) is 17.3 Å². The van der Waals surface area contributed by atoms with Gasteiger partial charge in [0.05, 0.1) is 24.5 Å². The highest BCUT2D eigenvalue weighted by atomic mass is 35.5. The lowest BCUT2D eigenvalue weighted by atomic mass is 10.1. The fourth-order valence-electron chi connectivity index (χ4n) is 2.93. The first-order chi connectivity index (χ1) is 10.3. The van der Waals surface area contributed by atoms with E-state index >= 15 is 0 Å². The SMILES string of the molecule is COCC(NC(=O)[C@@H]1[C@H](C(=O)O)C1(C)C)c1ccc(Cl)cc1. The molecule has 1 aromatic carbocycles. The van der Waals surface area contributed by atoms with Crippen molar-refractivity contribution < 1.29 is 19.4 Å². The normalized spacial score (nSPS) is 23.6. The lowest BCUT2D eigenvalue weighted by Crippen LogP contribution is -2.33. The van der Waals surface area contributed by atoms with Crippen LogP contribution in [0.5, 0.6) is 0 Å². The van der Waals surface area contributed by atoms with Crippen LogP contribution in [0.4, 0.5) is 0 Å². The minimum Gasteiger partial charge on any atom is -0.481 e. The highest BCUT2D eigenvalue weighted by Crippen LogP contribution is 2.58. The molecule has 3 atom stereocenters. The van der Waals surface area contributed by atoms with Crippen molar-refractivity contribution in [3.63, 3.8) is 0 Å². The molecule has 1 aliphatic carbocycles. The molecule has 2 rings (SSSR count). The summed E-state index contributed by atoms with van der Waals surface area (Å²) in [7, 11) is 1.55. The third kappa shape index (κ3) is 3.25. The van der Waals surface area contributed by atoms with E-state index in [0.717, 1.165) is 5.56 Å². The summed E-state index contributed by atoms with van der Waals surface area (Å²) in [6.45, 7) is 3.89. The molecule has 0 saturated heterocycles.